The number of nitrogens with zero attached hydrogens (tertiary/aromatic N) is 2. The first-order chi connectivity index (χ1) is 8.86. The quantitative estimate of drug-likeness (QED) is 0.879. The summed E-state index contributed by atoms with van der Waals surface area (Å²) in [7, 11) is -3.47. The Morgan fingerprint density at radius 1 is 1.37 bits per heavy atom. The lowest BCUT2D eigenvalue weighted by molar-refractivity contribution is -0.117. The lowest BCUT2D eigenvalue weighted by Crippen LogP contribution is -2.38. The molecule has 1 unspecified atom stereocenters. The Hall–Kier alpha value is -1.99. The Morgan fingerprint density at radius 2 is 1.95 bits per heavy atom. The molecule has 0 radical (unpaired) electrons. The van der Waals surface area contributed by atoms with E-state index in [2.05, 4.69) is 11.7 Å². The molecule has 1 heterocycles. The second kappa shape index (κ2) is 4.60. The first kappa shape index (κ1) is 13.4. The normalized spacial score (nSPS) is 19.5. The first-order valence-corrected chi connectivity index (χ1v) is 7.03. The van der Waals surface area contributed by atoms with Crippen molar-refractivity contribution in [2.75, 3.05) is 5.01 Å². The van der Waals surface area contributed by atoms with Gasteiger partial charge in [-0.3, -0.25) is 4.79 Å². The Labute approximate surface area is 111 Å². The van der Waals surface area contributed by atoms with Crippen LogP contribution in [-0.2, 0) is 14.6 Å². The summed E-state index contributed by atoms with van der Waals surface area (Å²) in [5.41, 5.74) is 6.63. The number of carbonyl (C=O) groups is 1. The van der Waals surface area contributed by atoms with Gasteiger partial charge >= 0.3 is 0 Å². The summed E-state index contributed by atoms with van der Waals surface area (Å²) >= 11 is 0. The van der Waals surface area contributed by atoms with Crippen molar-refractivity contribution in [3.05, 3.63) is 36.3 Å². The molecular weight excluding hydrogens is 266 g/mol. The minimum Gasteiger partial charge on any atom is -0.315 e. The molecule has 1 aliphatic heterocycles. The highest BCUT2D eigenvalue weighted by Crippen LogP contribution is 2.22. The van der Waals surface area contributed by atoms with E-state index in [4.69, 9.17) is 5.73 Å². The van der Waals surface area contributed by atoms with E-state index in [0.717, 1.165) is 5.41 Å². The molecule has 1 amide bonds. The van der Waals surface area contributed by atoms with E-state index in [9.17, 15) is 13.2 Å². The van der Waals surface area contributed by atoms with Crippen molar-refractivity contribution in [1.29, 1.82) is 0 Å². The number of anilines is 1. The molecule has 6 nitrogen and oxygen atoms in total. The van der Waals surface area contributed by atoms with Crippen LogP contribution in [0.2, 0.25) is 0 Å². The van der Waals surface area contributed by atoms with E-state index < -0.39 is 15.9 Å². The van der Waals surface area contributed by atoms with Crippen LogP contribution in [0.1, 0.15) is 6.92 Å². The molecule has 0 spiro atoms. The maximum atomic E-state index is 11.8. The third-order valence-corrected chi connectivity index (χ3v) is 4.18. The number of carbonyl (C=O) groups excluding carboxylic acids is 1. The highest BCUT2D eigenvalue weighted by Gasteiger charge is 2.31. The Balaban J connectivity index is 2.35. The van der Waals surface area contributed by atoms with Crippen molar-refractivity contribution in [1.82, 2.24) is 0 Å². The van der Waals surface area contributed by atoms with E-state index in [1.165, 1.54) is 29.3 Å². The van der Waals surface area contributed by atoms with Crippen LogP contribution in [0.25, 0.3) is 0 Å². The Morgan fingerprint density at radius 3 is 2.37 bits per heavy atom. The minimum atomic E-state index is -3.47. The van der Waals surface area contributed by atoms with E-state index in [1.807, 2.05) is 0 Å². The molecule has 1 atom stereocenters. The average Bonchev–Trinajstić information content (AvgIpc) is 2.67. The maximum Gasteiger partial charge on any atom is 0.270 e. The van der Waals surface area contributed by atoms with Crippen LogP contribution in [0.4, 0.5) is 5.69 Å². The molecule has 1 aromatic carbocycles. The van der Waals surface area contributed by atoms with Gasteiger partial charge in [0.05, 0.1) is 16.3 Å². The molecule has 19 heavy (non-hydrogen) atoms. The topological polar surface area (TPSA) is 92.8 Å². The minimum absolute atomic E-state index is 0.114. The number of hydrogen-bond acceptors (Lipinski definition) is 5. The van der Waals surface area contributed by atoms with Crippen LogP contribution >= 0.6 is 0 Å². The first-order valence-electron chi connectivity index (χ1n) is 5.49. The molecule has 0 saturated carbocycles. The number of rotatable bonds is 3. The van der Waals surface area contributed by atoms with Gasteiger partial charge in [-0.2, -0.15) is 10.1 Å². The predicted octanol–water partition coefficient (Wildman–Crippen LogP) is 0.654. The molecule has 7 heteroatoms. The van der Waals surface area contributed by atoms with Gasteiger partial charge in [-0.15, -0.1) is 0 Å². The lowest BCUT2D eigenvalue weighted by Gasteiger charge is -2.12. The Kier molecular flexibility index (Phi) is 3.25. The zero-order valence-electron chi connectivity index (χ0n) is 10.3. The highest BCUT2D eigenvalue weighted by molar-refractivity contribution is 7.94. The number of benzene rings is 1. The van der Waals surface area contributed by atoms with E-state index in [1.54, 1.807) is 6.92 Å². The standard InChI is InChI=1S/C12H13N3O3S/c1-3-19(17,18)10-6-4-9(5-7-10)15-12(16)11(13)8(2)14-15/h3-7,11H,1,13H2,2H3. The summed E-state index contributed by atoms with van der Waals surface area (Å²) in [6.45, 7) is 4.92. The van der Waals surface area contributed by atoms with Crippen molar-refractivity contribution in [3.63, 3.8) is 0 Å². The van der Waals surface area contributed by atoms with Crippen LogP contribution < -0.4 is 10.7 Å². The average molecular weight is 279 g/mol. The molecule has 0 saturated heterocycles. The van der Waals surface area contributed by atoms with Crippen molar-refractivity contribution in [3.8, 4) is 0 Å². The third-order valence-electron chi connectivity index (χ3n) is 2.81. The lowest BCUT2D eigenvalue weighted by atomic mass is 10.2. The zero-order valence-corrected chi connectivity index (χ0v) is 11.1. The SMILES string of the molecule is C=CS(=O)(=O)c1ccc(N2N=C(C)C(N)C2=O)cc1. The van der Waals surface area contributed by atoms with Crippen molar-refractivity contribution >= 4 is 27.1 Å². The van der Waals surface area contributed by atoms with Crippen molar-refractivity contribution in [2.45, 2.75) is 17.9 Å². The molecule has 0 fully saturated rings. The van der Waals surface area contributed by atoms with Gasteiger partial charge in [0.2, 0.25) is 0 Å². The van der Waals surface area contributed by atoms with Gasteiger partial charge in [0.25, 0.3) is 5.91 Å². The fourth-order valence-corrected chi connectivity index (χ4v) is 2.35. The molecule has 0 aromatic heterocycles. The van der Waals surface area contributed by atoms with Crippen LogP contribution in [0, 0.1) is 0 Å². The zero-order chi connectivity index (χ0) is 14.2. The molecule has 0 bridgehead atoms. The molecular formula is C12H13N3O3S. The monoisotopic (exact) mass is 279 g/mol. The van der Waals surface area contributed by atoms with Crippen molar-refractivity contribution in [2.24, 2.45) is 10.8 Å². The van der Waals surface area contributed by atoms with Crippen LogP contribution in [0.15, 0.2) is 46.2 Å². The fraction of sp³-hybridized carbons (Fsp3) is 0.167. The van der Waals surface area contributed by atoms with E-state index in [0.29, 0.717) is 11.4 Å². The Bertz CT molecular complexity index is 662. The van der Waals surface area contributed by atoms with Gasteiger partial charge in [-0.05, 0) is 31.2 Å². The van der Waals surface area contributed by atoms with Gasteiger partial charge in [0.1, 0.15) is 6.04 Å². The van der Waals surface area contributed by atoms with Gasteiger partial charge in [-0.1, -0.05) is 6.58 Å². The summed E-state index contributed by atoms with van der Waals surface area (Å²) in [6, 6.07) is 5.06. The molecule has 0 aliphatic carbocycles. The second-order valence-electron chi connectivity index (χ2n) is 4.07. The van der Waals surface area contributed by atoms with Crippen LogP contribution in [0.3, 0.4) is 0 Å². The molecule has 1 aromatic rings. The third kappa shape index (κ3) is 2.29. The largest absolute Gasteiger partial charge is 0.315 e. The van der Waals surface area contributed by atoms with Crippen LogP contribution in [-0.4, -0.2) is 26.1 Å². The molecule has 100 valence electrons. The maximum absolute atomic E-state index is 11.8. The number of amides is 1. The van der Waals surface area contributed by atoms with E-state index >= 15 is 0 Å². The smallest absolute Gasteiger partial charge is 0.270 e. The summed E-state index contributed by atoms with van der Waals surface area (Å²) < 4.78 is 23.1. The summed E-state index contributed by atoms with van der Waals surface area (Å²) in [5, 5.41) is 6.09. The summed E-state index contributed by atoms with van der Waals surface area (Å²) in [5.74, 6) is -0.336. The highest BCUT2D eigenvalue weighted by atomic mass is 32.2. The van der Waals surface area contributed by atoms with Gasteiger partial charge in [0.15, 0.2) is 9.84 Å². The molecule has 2 N–H and O–H groups in total. The van der Waals surface area contributed by atoms with Crippen LogP contribution in [0.5, 0.6) is 0 Å². The van der Waals surface area contributed by atoms with Gasteiger partial charge in [-0.25, -0.2) is 8.42 Å². The van der Waals surface area contributed by atoms with Gasteiger partial charge in [0, 0.05) is 5.41 Å². The molecule has 2 rings (SSSR count). The fourth-order valence-electron chi connectivity index (χ4n) is 1.64. The molecule has 1 aliphatic rings. The van der Waals surface area contributed by atoms with E-state index in [-0.39, 0.29) is 10.8 Å². The number of nitrogens with two attached hydrogens (primary N) is 1. The number of hydrogen-bond donors (Lipinski definition) is 1. The van der Waals surface area contributed by atoms with Gasteiger partial charge < -0.3 is 5.73 Å². The predicted molar refractivity (Wildman–Crippen MR) is 72.4 cm³/mol. The second-order valence-corrected chi connectivity index (χ2v) is 5.97. The summed E-state index contributed by atoms with van der Waals surface area (Å²) in [6.07, 6.45) is 0. The number of sulfone groups is 1. The van der Waals surface area contributed by atoms with Crippen molar-refractivity contribution < 1.29 is 13.2 Å². The summed E-state index contributed by atoms with van der Waals surface area (Å²) in [4.78, 5) is 11.9. The number of hydrazone groups is 1.